The smallest absolute Gasteiger partial charge is 0.747 e. The van der Waals surface area contributed by atoms with Crippen molar-refractivity contribution in [1.82, 2.24) is 10.1 Å². The maximum absolute atomic E-state index is 11.9. The number of hydrogen-bond acceptors (Lipinski definition) is 15. The predicted molar refractivity (Wildman–Crippen MR) is 99.9 cm³/mol. The van der Waals surface area contributed by atoms with Gasteiger partial charge in [-0.1, -0.05) is 12.8 Å². The second-order valence-electron chi connectivity index (χ2n) is 7.00. The fourth-order valence-electron chi connectivity index (χ4n) is 2.91. The molecular formula is C16H18N2Na2O14S2. The van der Waals surface area contributed by atoms with Gasteiger partial charge < -0.3 is 19.5 Å². The number of hydroxylamine groups is 4. The van der Waals surface area contributed by atoms with Crippen LogP contribution in [0.25, 0.3) is 0 Å². The van der Waals surface area contributed by atoms with Crippen molar-refractivity contribution in [2.24, 2.45) is 0 Å². The van der Waals surface area contributed by atoms with Crippen LogP contribution in [0.5, 0.6) is 0 Å². The molecule has 4 amide bonds. The van der Waals surface area contributed by atoms with E-state index in [1.54, 1.807) is 0 Å². The second kappa shape index (κ2) is 16.4. The summed E-state index contributed by atoms with van der Waals surface area (Å²) in [5.74, 6) is -6.06. The molecule has 2 unspecified atom stereocenters. The van der Waals surface area contributed by atoms with E-state index in [-0.39, 0.29) is 101 Å². The van der Waals surface area contributed by atoms with Crippen LogP contribution in [0.3, 0.4) is 0 Å². The first-order chi connectivity index (χ1) is 16.0. The van der Waals surface area contributed by atoms with Crippen LogP contribution < -0.4 is 64.4 Å². The maximum atomic E-state index is 11.9. The minimum atomic E-state index is -5.06. The largest absolute Gasteiger partial charge is 1.00 e. The van der Waals surface area contributed by atoms with Gasteiger partial charge in [0.1, 0.15) is 20.6 Å². The van der Waals surface area contributed by atoms with Crippen molar-refractivity contribution in [2.45, 2.75) is 61.9 Å². The molecule has 190 valence electrons. The Morgan fingerprint density at radius 3 is 1.78 bits per heavy atom. The first-order valence-electron chi connectivity index (χ1n) is 9.67. The van der Waals surface area contributed by atoms with Crippen molar-refractivity contribution in [3.63, 3.8) is 0 Å². The molecule has 2 rings (SSSR count). The number of amides is 4. The summed E-state index contributed by atoms with van der Waals surface area (Å²) < 4.78 is 36.8. The van der Waals surface area contributed by atoms with E-state index in [2.05, 4.69) is 14.2 Å². The fraction of sp³-hybridized carbons (Fsp3) is 0.625. The average Bonchev–Trinajstić information content (AvgIpc) is 3.19. The van der Waals surface area contributed by atoms with E-state index in [9.17, 15) is 47.0 Å². The first-order valence-corrected chi connectivity index (χ1v) is 11.9. The predicted octanol–water partition coefficient (Wildman–Crippen LogP) is -8.08. The van der Waals surface area contributed by atoms with Gasteiger partial charge in [-0.25, -0.2) is 18.0 Å². The van der Waals surface area contributed by atoms with Gasteiger partial charge >= 0.3 is 71.1 Å². The Bertz CT molecular complexity index is 962. The van der Waals surface area contributed by atoms with Gasteiger partial charge in [0.05, 0.1) is 12.8 Å². The summed E-state index contributed by atoms with van der Waals surface area (Å²) >= 11 is 0.310. The van der Waals surface area contributed by atoms with Gasteiger partial charge in [-0.05, 0) is 12.8 Å². The molecular weight excluding hydrogens is 554 g/mol. The van der Waals surface area contributed by atoms with E-state index in [1.165, 1.54) is 0 Å². The third-order valence-electron chi connectivity index (χ3n) is 4.55. The van der Waals surface area contributed by atoms with E-state index in [1.807, 2.05) is 0 Å². The Balaban J connectivity index is 0.00000612. The first kappa shape index (κ1) is 35.4. The van der Waals surface area contributed by atoms with E-state index >= 15 is 0 Å². The van der Waals surface area contributed by atoms with Crippen LogP contribution in [-0.2, 0) is 57.9 Å². The standard InChI is InChI=1S/C16H20N2O14S2.2Na/c19-11-7-9(33-32-31-25)15(23)17(11)29-13(21)5-3-1-2-4-6-14(22)30-18-12(20)8-10(16(18)24)34(26,27)28;;/h9-10,25H,1-8H2,(H,26,27,28);;/q;2*+1/p-2. The van der Waals surface area contributed by atoms with Crippen molar-refractivity contribution >= 4 is 57.7 Å². The molecule has 0 aromatic carbocycles. The summed E-state index contributed by atoms with van der Waals surface area (Å²) in [6, 6.07) is 0. The molecule has 20 heteroatoms. The summed E-state index contributed by atoms with van der Waals surface area (Å²) in [5, 5.41) is 9.93. The molecule has 0 saturated carbocycles. The Morgan fingerprint density at radius 2 is 1.33 bits per heavy atom. The van der Waals surface area contributed by atoms with E-state index in [4.69, 9.17) is 4.84 Å². The van der Waals surface area contributed by atoms with Gasteiger partial charge in [0, 0.05) is 24.9 Å². The molecule has 0 aliphatic carbocycles. The Kier molecular flexibility index (Phi) is 16.1. The van der Waals surface area contributed by atoms with Crippen LogP contribution >= 0.6 is 12.0 Å². The number of carbonyl (C=O) groups is 6. The zero-order chi connectivity index (χ0) is 25.5. The van der Waals surface area contributed by atoms with Crippen molar-refractivity contribution < 1.29 is 125 Å². The minimum absolute atomic E-state index is 0. The zero-order valence-corrected chi connectivity index (χ0v) is 24.9. The minimum Gasteiger partial charge on any atom is -0.747 e. The average molecular weight is 572 g/mol. The van der Waals surface area contributed by atoms with Gasteiger partial charge in [-0.3, -0.25) is 24.2 Å². The molecule has 2 saturated heterocycles. The number of unbranched alkanes of at least 4 members (excludes halogenated alkanes) is 3. The normalized spacial score (nSPS) is 19.7. The molecule has 16 nitrogen and oxygen atoms in total. The van der Waals surface area contributed by atoms with Gasteiger partial charge in [0.25, 0.3) is 23.6 Å². The van der Waals surface area contributed by atoms with Crippen molar-refractivity contribution in [2.75, 3.05) is 0 Å². The Hall–Kier alpha value is -0.640. The molecule has 0 N–H and O–H groups in total. The molecule has 2 heterocycles. The third-order valence-corrected chi connectivity index (χ3v) is 6.35. The molecule has 2 fully saturated rings. The van der Waals surface area contributed by atoms with Crippen LogP contribution in [0.15, 0.2) is 0 Å². The van der Waals surface area contributed by atoms with Crippen molar-refractivity contribution in [1.29, 1.82) is 0 Å². The summed E-state index contributed by atoms with van der Waals surface area (Å²) in [6.45, 7) is 0. The SMILES string of the molecule is O=C(CCCCCCC(=O)ON1C(=O)CC(S(=O)(=O)[O-])C1=O)ON1C(=O)CC(SOO[O-])C1=O.[Na+].[Na+]. The number of nitrogens with zero attached hydrogens (tertiary/aromatic N) is 2. The quantitative estimate of drug-likeness (QED) is 0.0380. The zero-order valence-electron chi connectivity index (χ0n) is 19.2. The fourth-order valence-corrected chi connectivity index (χ4v) is 4.11. The topological polar surface area (TPSA) is 226 Å². The summed E-state index contributed by atoms with van der Waals surface area (Å²) in [4.78, 5) is 79.8. The van der Waals surface area contributed by atoms with Crippen LogP contribution in [-0.4, -0.2) is 69.2 Å². The van der Waals surface area contributed by atoms with Crippen LogP contribution in [0.4, 0.5) is 0 Å². The van der Waals surface area contributed by atoms with Gasteiger partial charge in [-0.15, -0.1) is 10.1 Å². The summed E-state index contributed by atoms with van der Waals surface area (Å²) in [6.07, 6.45) is -0.284. The number of carbonyl (C=O) groups excluding carboxylic acids is 6. The van der Waals surface area contributed by atoms with Crippen molar-refractivity contribution in [3.05, 3.63) is 0 Å². The van der Waals surface area contributed by atoms with Crippen LogP contribution in [0.1, 0.15) is 51.4 Å². The van der Waals surface area contributed by atoms with Gasteiger partial charge in [-0.2, -0.15) is 4.33 Å². The van der Waals surface area contributed by atoms with Gasteiger partial charge in [0.15, 0.2) is 0 Å². The molecule has 0 aromatic rings. The molecule has 0 spiro atoms. The van der Waals surface area contributed by atoms with E-state index in [0.29, 0.717) is 24.9 Å². The van der Waals surface area contributed by atoms with Gasteiger partial charge in [0.2, 0.25) is 0 Å². The number of imide groups is 2. The number of rotatable bonds is 13. The molecule has 0 bridgehead atoms. The molecule has 2 atom stereocenters. The maximum Gasteiger partial charge on any atom is 1.00 e. The molecule has 0 radical (unpaired) electrons. The van der Waals surface area contributed by atoms with E-state index in [0.717, 1.165) is 0 Å². The van der Waals surface area contributed by atoms with Crippen molar-refractivity contribution in [3.8, 4) is 0 Å². The summed E-state index contributed by atoms with van der Waals surface area (Å²) in [5.41, 5.74) is 0. The molecule has 2 aliphatic rings. The van der Waals surface area contributed by atoms with Crippen LogP contribution in [0, 0.1) is 0 Å². The number of hydrogen-bond donors (Lipinski definition) is 0. The molecule has 0 aromatic heterocycles. The Labute approximate surface area is 252 Å². The second-order valence-corrected chi connectivity index (χ2v) is 9.46. The third kappa shape index (κ3) is 10.3. The molecule has 36 heavy (non-hydrogen) atoms. The Morgan fingerprint density at radius 1 is 0.861 bits per heavy atom. The van der Waals surface area contributed by atoms with E-state index < -0.39 is 62.6 Å². The van der Waals surface area contributed by atoms with Crippen LogP contribution in [0.2, 0.25) is 0 Å². The summed E-state index contributed by atoms with van der Waals surface area (Å²) in [7, 11) is -5.06. The molecule has 2 aliphatic heterocycles. The monoisotopic (exact) mass is 572 g/mol.